The lowest BCUT2D eigenvalue weighted by molar-refractivity contribution is 0.0169. The molecule has 292 valence electrons. The molecule has 55 heavy (non-hydrogen) atoms. The van der Waals surface area contributed by atoms with Gasteiger partial charge in [-0.25, -0.2) is 13.6 Å². The maximum absolute atomic E-state index is 17.2. The van der Waals surface area contributed by atoms with Crippen LogP contribution in [0.3, 0.4) is 0 Å². The zero-order valence-electron chi connectivity index (χ0n) is 32.3. The lowest BCUT2D eigenvalue weighted by Crippen LogP contribution is -2.46. The number of amides is 1. The lowest BCUT2D eigenvalue weighted by atomic mass is 9.86. The van der Waals surface area contributed by atoms with Crippen molar-refractivity contribution in [3.8, 4) is 35.2 Å². The number of β-amino-alcohol motifs (C(OH)–C–C–N with tert-alkyl or cyclic N) is 1. The van der Waals surface area contributed by atoms with Crippen molar-refractivity contribution >= 4 is 33.6 Å². The van der Waals surface area contributed by atoms with Crippen LogP contribution in [0.4, 0.5) is 19.4 Å². The summed E-state index contributed by atoms with van der Waals surface area (Å²) in [5.41, 5.74) is -0.995. The zero-order valence-corrected chi connectivity index (χ0v) is 32.3. The number of carbonyl (C=O) groups is 1. The Balaban J connectivity index is 1.21. The molecule has 12 heteroatoms. The third-order valence-electron chi connectivity index (χ3n) is 11.0. The van der Waals surface area contributed by atoms with E-state index >= 15 is 8.78 Å². The van der Waals surface area contributed by atoms with Crippen molar-refractivity contribution in [1.82, 2.24) is 14.9 Å². The molecule has 2 saturated heterocycles. The minimum absolute atomic E-state index is 0.0125. The number of anilines is 1. The van der Waals surface area contributed by atoms with E-state index in [-0.39, 0.29) is 41.0 Å². The van der Waals surface area contributed by atoms with Gasteiger partial charge in [0.05, 0.1) is 17.8 Å². The molecule has 0 unspecified atom stereocenters. The van der Waals surface area contributed by atoms with Crippen LogP contribution in [0.5, 0.6) is 11.8 Å². The molecule has 0 bridgehead atoms. The SMILES string of the molecule is C#Cc1c(F)ccc2cc(OCOC)cc(-c3ccc4c(N5CCC[C@@](C)(O)C5)nc(OCC5(CC6CCN(C(=O)OC(C)(C)C)CC6)CC5)nc4c3F)c12. The van der Waals surface area contributed by atoms with E-state index in [0.717, 1.165) is 38.5 Å². The van der Waals surface area contributed by atoms with Gasteiger partial charge in [0.15, 0.2) is 12.6 Å². The summed E-state index contributed by atoms with van der Waals surface area (Å²) in [6.45, 7) is 9.97. The number of likely N-dealkylation sites (tertiary alicyclic amines) is 1. The Hall–Kier alpha value is -4.73. The first kappa shape index (κ1) is 38.5. The highest BCUT2D eigenvalue weighted by Gasteiger charge is 2.46. The van der Waals surface area contributed by atoms with Crippen molar-refractivity contribution in [2.75, 3.05) is 51.6 Å². The summed E-state index contributed by atoms with van der Waals surface area (Å²) in [6, 6.07) is 9.64. The predicted molar refractivity (Wildman–Crippen MR) is 207 cm³/mol. The largest absolute Gasteiger partial charge is 0.468 e. The monoisotopic (exact) mass is 756 g/mol. The number of aliphatic hydroxyl groups is 1. The highest BCUT2D eigenvalue weighted by atomic mass is 19.1. The second-order valence-corrected chi connectivity index (χ2v) is 16.8. The number of piperidine rings is 2. The molecule has 4 aromatic rings. The van der Waals surface area contributed by atoms with Crippen molar-refractivity contribution in [1.29, 1.82) is 0 Å². The Morgan fingerprint density at radius 1 is 1.04 bits per heavy atom. The molecule has 3 heterocycles. The Morgan fingerprint density at radius 3 is 2.47 bits per heavy atom. The normalized spacial score (nSPS) is 20.1. The van der Waals surface area contributed by atoms with Crippen LogP contribution in [0.15, 0.2) is 36.4 Å². The molecule has 10 nitrogen and oxygen atoms in total. The molecule has 3 aliphatic rings. The fraction of sp³-hybridized carbons (Fsp3) is 0.512. The Labute approximate surface area is 321 Å². The van der Waals surface area contributed by atoms with Crippen LogP contribution >= 0.6 is 0 Å². The number of terminal acetylenes is 1. The number of ether oxygens (including phenoxy) is 4. The summed E-state index contributed by atoms with van der Waals surface area (Å²) < 4.78 is 55.2. The van der Waals surface area contributed by atoms with E-state index in [1.54, 1.807) is 42.2 Å². The van der Waals surface area contributed by atoms with Crippen molar-refractivity contribution in [3.05, 3.63) is 53.6 Å². The van der Waals surface area contributed by atoms with Gasteiger partial charge in [-0.3, -0.25) is 0 Å². The topological polar surface area (TPSA) is 106 Å². The molecule has 1 saturated carbocycles. The number of aromatic nitrogens is 2. The van der Waals surface area contributed by atoms with Crippen molar-refractivity contribution in [3.63, 3.8) is 0 Å². The minimum Gasteiger partial charge on any atom is -0.468 e. The van der Waals surface area contributed by atoms with Gasteiger partial charge in [-0.2, -0.15) is 9.97 Å². The number of carbonyl (C=O) groups excluding carboxylic acids is 1. The summed E-state index contributed by atoms with van der Waals surface area (Å²) in [5, 5.41) is 12.4. The van der Waals surface area contributed by atoms with Crippen LogP contribution in [0.2, 0.25) is 0 Å². The van der Waals surface area contributed by atoms with Gasteiger partial charge in [0.1, 0.15) is 28.5 Å². The Morgan fingerprint density at radius 2 is 1.80 bits per heavy atom. The third kappa shape index (κ3) is 8.43. The highest BCUT2D eigenvalue weighted by Crippen LogP contribution is 2.52. The van der Waals surface area contributed by atoms with Gasteiger partial charge in [-0.1, -0.05) is 18.1 Å². The highest BCUT2D eigenvalue weighted by molar-refractivity contribution is 6.04. The molecule has 1 amide bonds. The molecule has 0 radical (unpaired) electrons. The predicted octanol–water partition coefficient (Wildman–Crippen LogP) is 8.24. The molecule has 1 aliphatic carbocycles. The number of benzene rings is 3. The second-order valence-electron chi connectivity index (χ2n) is 16.8. The average molecular weight is 757 g/mol. The van der Waals surface area contributed by atoms with Gasteiger partial charge in [-0.05, 0) is 114 Å². The molecular formula is C43H50F2N4O6. The quantitative estimate of drug-likeness (QED) is 0.127. The number of halogens is 2. The van der Waals surface area contributed by atoms with Crippen LogP contribution in [-0.4, -0.2) is 84.0 Å². The first-order valence-electron chi connectivity index (χ1n) is 19.1. The van der Waals surface area contributed by atoms with Crippen molar-refractivity contribution in [2.24, 2.45) is 11.3 Å². The van der Waals surface area contributed by atoms with E-state index < -0.39 is 22.8 Å². The van der Waals surface area contributed by atoms with Gasteiger partial charge < -0.3 is 33.9 Å². The lowest BCUT2D eigenvalue weighted by Gasteiger charge is -2.38. The molecular weight excluding hydrogens is 706 g/mol. The van der Waals surface area contributed by atoms with Crippen LogP contribution in [0.1, 0.15) is 78.2 Å². The van der Waals surface area contributed by atoms with E-state index in [1.807, 2.05) is 25.7 Å². The van der Waals surface area contributed by atoms with Gasteiger partial charge in [0, 0.05) is 55.0 Å². The summed E-state index contributed by atoms with van der Waals surface area (Å²) in [6.07, 6.45) is 11.6. The summed E-state index contributed by atoms with van der Waals surface area (Å²) in [7, 11) is 1.50. The van der Waals surface area contributed by atoms with E-state index in [9.17, 15) is 9.90 Å². The Bertz CT molecular complexity index is 2130. The standard InChI is InChI=1S/C43H50F2N4O6/c1-7-30-34(44)12-9-28-21-29(54-26-52-6)22-33(35(28)30)31-10-11-32-37(36(31)45)46-39(47-38(32)49-18-8-15-42(5,51)24-49)53-25-43(16-17-43)23-27-13-19-48(20-14-27)40(50)55-41(2,3)4/h1,9-12,21-22,27,51H,8,13-20,23-26H2,2-6H3/t42-/m1/s1. The van der Waals surface area contributed by atoms with Gasteiger partial charge in [-0.15, -0.1) is 6.42 Å². The van der Waals surface area contributed by atoms with Gasteiger partial charge >= 0.3 is 12.1 Å². The smallest absolute Gasteiger partial charge is 0.410 e. The van der Waals surface area contributed by atoms with Crippen LogP contribution < -0.4 is 14.4 Å². The molecule has 3 fully saturated rings. The first-order valence-corrected chi connectivity index (χ1v) is 19.1. The van der Waals surface area contributed by atoms with Gasteiger partial charge in [0.25, 0.3) is 0 Å². The molecule has 0 spiro atoms. The maximum Gasteiger partial charge on any atom is 0.410 e. The molecule has 1 aromatic heterocycles. The summed E-state index contributed by atoms with van der Waals surface area (Å²) >= 11 is 0. The van der Waals surface area contributed by atoms with Crippen molar-refractivity contribution < 1.29 is 37.6 Å². The van der Waals surface area contributed by atoms with Gasteiger partial charge in [0.2, 0.25) is 0 Å². The fourth-order valence-corrected chi connectivity index (χ4v) is 8.08. The number of methoxy groups -OCH3 is 1. The number of nitrogens with zero attached hydrogens (tertiary/aromatic N) is 4. The van der Waals surface area contributed by atoms with E-state index in [0.29, 0.717) is 78.4 Å². The van der Waals surface area contributed by atoms with E-state index in [2.05, 4.69) is 10.9 Å². The molecule has 1 N–H and O–H groups in total. The average Bonchev–Trinajstić information content (AvgIpc) is 3.91. The third-order valence-corrected chi connectivity index (χ3v) is 11.0. The Kier molecular flexibility index (Phi) is 10.6. The molecule has 1 atom stereocenters. The van der Waals surface area contributed by atoms with Crippen LogP contribution in [0.25, 0.3) is 32.8 Å². The zero-order chi connectivity index (χ0) is 39.1. The minimum atomic E-state index is -0.955. The summed E-state index contributed by atoms with van der Waals surface area (Å²) in [5.74, 6) is 2.52. The summed E-state index contributed by atoms with van der Waals surface area (Å²) in [4.78, 5) is 25.9. The molecule has 2 aliphatic heterocycles. The van der Waals surface area contributed by atoms with E-state index in [1.165, 1.54) is 13.2 Å². The fourth-order valence-electron chi connectivity index (χ4n) is 8.08. The van der Waals surface area contributed by atoms with Crippen LogP contribution in [-0.2, 0) is 9.47 Å². The molecule has 7 rings (SSSR count). The number of fused-ring (bicyclic) bond motifs is 2. The van der Waals surface area contributed by atoms with E-state index in [4.69, 9.17) is 30.4 Å². The maximum atomic E-state index is 17.2. The van der Waals surface area contributed by atoms with Crippen molar-refractivity contribution in [2.45, 2.75) is 83.8 Å². The number of hydrogen-bond donors (Lipinski definition) is 1. The molecule has 3 aromatic carbocycles. The first-order chi connectivity index (χ1) is 26.2. The number of rotatable bonds is 10. The number of hydrogen-bond acceptors (Lipinski definition) is 9. The second kappa shape index (κ2) is 15.1. The van der Waals surface area contributed by atoms with Crippen LogP contribution in [0, 0.1) is 35.3 Å².